The van der Waals surface area contributed by atoms with Gasteiger partial charge in [-0.15, -0.1) is 0 Å². The monoisotopic (exact) mass is 643 g/mol. The second-order valence-electron chi connectivity index (χ2n) is 13.8. The summed E-state index contributed by atoms with van der Waals surface area (Å²) in [5.74, 6) is -9.62. The van der Waals surface area contributed by atoms with Crippen LogP contribution in [0.25, 0.3) is 54.6 Å². The fourth-order valence-corrected chi connectivity index (χ4v) is 8.96. The standard InChI is InChI=1S/C42H30F5N/c1-41-20-6-7-21-42(41,2)48(40-38(46)36(44)35(43)37(45)39(40)47)32-19-14-26(22-31(32)41)28-16-11-25-12-17-29-27(23-8-4-3-5-9-23)15-10-24-13-18-30(28)34(25)33(24)29/h3-5,8-19,22H,6-7,20-21H2,1-2H3. The summed E-state index contributed by atoms with van der Waals surface area (Å²) in [4.78, 5) is 1.40. The zero-order valence-corrected chi connectivity index (χ0v) is 26.4. The van der Waals surface area contributed by atoms with Gasteiger partial charge in [-0.05, 0) is 92.0 Å². The van der Waals surface area contributed by atoms with E-state index in [1.807, 2.05) is 31.2 Å². The maximum absolute atomic E-state index is 15.5. The Hall–Kier alpha value is -4.97. The number of hydrogen-bond acceptors (Lipinski definition) is 1. The highest BCUT2D eigenvalue weighted by atomic mass is 19.2. The predicted octanol–water partition coefficient (Wildman–Crippen LogP) is 12.4. The molecule has 2 atom stereocenters. The Labute approximate surface area is 274 Å². The summed E-state index contributed by atoms with van der Waals surface area (Å²) in [6.07, 6.45) is 2.92. The molecule has 1 saturated carbocycles. The quantitative estimate of drug-likeness (QED) is 0.0802. The van der Waals surface area contributed by atoms with Gasteiger partial charge >= 0.3 is 0 Å². The molecule has 7 aromatic rings. The average molecular weight is 644 g/mol. The lowest BCUT2D eigenvalue weighted by Crippen LogP contribution is -2.55. The third kappa shape index (κ3) is 3.66. The van der Waals surface area contributed by atoms with E-state index >= 15 is 8.78 Å². The second-order valence-corrected chi connectivity index (χ2v) is 13.8. The normalized spacial score (nSPS) is 20.6. The molecule has 1 aliphatic heterocycles. The van der Waals surface area contributed by atoms with E-state index in [0.717, 1.165) is 62.2 Å². The van der Waals surface area contributed by atoms with Crippen molar-refractivity contribution in [2.75, 3.05) is 4.90 Å². The Morgan fingerprint density at radius 2 is 1.08 bits per heavy atom. The first-order valence-corrected chi connectivity index (χ1v) is 16.4. The van der Waals surface area contributed by atoms with E-state index < -0.39 is 45.7 Å². The van der Waals surface area contributed by atoms with Gasteiger partial charge in [-0.25, -0.2) is 22.0 Å². The third-order valence-corrected chi connectivity index (χ3v) is 11.6. The highest BCUT2D eigenvalue weighted by Gasteiger charge is 2.59. The van der Waals surface area contributed by atoms with Gasteiger partial charge < -0.3 is 4.90 Å². The van der Waals surface area contributed by atoms with Crippen molar-refractivity contribution >= 4 is 43.7 Å². The van der Waals surface area contributed by atoms with Crippen LogP contribution in [0.3, 0.4) is 0 Å². The minimum atomic E-state index is -2.15. The molecule has 0 spiro atoms. The Morgan fingerprint density at radius 3 is 1.71 bits per heavy atom. The van der Waals surface area contributed by atoms with Crippen LogP contribution in [0.1, 0.15) is 45.1 Å². The van der Waals surface area contributed by atoms with Crippen molar-refractivity contribution in [2.24, 2.45) is 0 Å². The summed E-state index contributed by atoms with van der Waals surface area (Å²) >= 11 is 0. The molecule has 6 heteroatoms. The van der Waals surface area contributed by atoms with Gasteiger partial charge in [0.15, 0.2) is 23.3 Å². The minimum Gasteiger partial charge on any atom is -0.329 e. The van der Waals surface area contributed by atoms with Crippen molar-refractivity contribution in [1.82, 2.24) is 0 Å². The van der Waals surface area contributed by atoms with E-state index in [4.69, 9.17) is 0 Å². The first-order chi connectivity index (χ1) is 23.1. The lowest BCUT2D eigenvalue weighted by atomic mass is 9.61. The lowest BCUT2D eigenvalue weighted by Gasteiger charge is -2.50. The zero-order valence-electron chi connectivity index (χ0n) is 26.4. The van der Waals surface area contributed by atoms with Crippen LogP contribution in [0, 0.1) is 29.1 Å². The highest BCUT2D eigenvalue weighted by Crippen LogP contribution is 2.62. The van der Waals surface area contributed by atoms with E-state index in [2.05, 4.69) is 73.7 Å². The van der Waals surface area contributed by atoms with E-state index in [1.165, 1.54) is 15.7 Å². The fraction of sp³-hybridized carbons (Fsp3) is 0.190. The van der Waals surface area contributed by atoms with Gasteiger partial charge in [0.1, 0.15) is 5.69 Å². The molecule has 0 aromatic heterocycles. The molecular weight excluding hydrogens is 613 g/mol. The van der Waals surface area contributed by atoms with Crippen LogP contribution >= 0.6 is 0 Å². The zero-order chi connectivity index (χ0) is 33.1. The molecule has 1 aliphatic carbocycles. The molecule has 2 unspecified atom stereocenters. The number of benzene rings is 7. The van der Waals surface area contributed by atoms with Crippen LogP contribution in [0.2, 0.25) is 0 Å². The molecule has 2 aliphatic rings. The number of nitrogens with zero attached hydrogens (tertiary/aromatic N) is 1. The SMILES string of the molecule is CC12CCCCC1(C)N(c1c(F)c(F)c(F)c(F)c1F)c1ccc(-c3ccc4ccc5c(-c6ccccc6)ccc6ccc3c4c65)cc12. The van der Waals surface area contributed by atoms with Gasteiger partial charge in [-0.2, -0.15) is 0 Å². The Morgan fingerprint density at radius 1 is 0.542 bits per heavy atom. The molecule has 0 bridgehead atoms. The largest absolute Gasteiger partial charge is 0.329 e. The predicted molar refractivity (Wildman–Crippen MR) is 184 cm³/mol. The van der Waals surface area contributed by atoms with Gasteiger partial charge in [0.25, 0.3) is 0 Å². The number of halogens is 5. The maximum atomic E-state index is 15.5. The molecule has 9 rings (SSSR count). The molecule has 48 heavy (non-hydrogen) atoms. The summed E-state index contributed by atoms with van der Waals surface area (Å²) in [5, 5.41) is 6.89. The molecule has 0 amide bonds. The highest BCUT2D eigenvalue weighted by molar-refractivity contribution is 6.27. The van der Waals surface area contributed by atoms with E-state index in [9.17, 15) is 13.2 Å². The molecule has 1 fully saturated rings. The Bertz CT molecular complexity index is 2430. The van der Waals surface area contributed by atoms with E-state index in [-0.39, 0.29) is 0 Å². The van der Waals surface area contributed by atoms with Crippen molar-refractivity contribution < 1.29 is 22.0 Å². The van der Waals surface area contributed by atoms with Crippen molar-refractivity contribution in [2.45, 2.75) is 50.5 Å². The first kappa shape index (κ1) is 29.2. The van der Waals surface area contributed by atoms with Crippen molar-refractivity contribution in [3.05, 3.63) is 132 Å². The van der Waals surface area contributed by atoms with Gasteiger partial charge in [0.2, 0.25) is 5.82 Å². The van der Waals surface area contributed by atoms with Gasteiger partial charge in [0.05, 0.1) is 5.54 Å². The smallest absolute Gasteiger partial charge is 0.200 e. The molecule has 0 radical (unpaired) electrons. The number of rotatable bonds is 3. The second kappa shape index (κ2) is 10.0. The molecule has 7 aromatic carbocycles. The molecular formula is C42H30F5N. The fourth-order valence-electron chi connectivity index (χ4n) is 8.96. The molecule has 1 nitrogen and oxygen atoms in total. The van der Waals surface area contributed by atoms with E-state index in [1.54, 1.807) is 6.07 Å². The summed E-state index contributed by atoms with van der Waals surface area (Å²) in [5.41, 5.74) is 3.18. The van der Waals surface area contributed by atoms with Crippen LogP contribution in [-0.2, 0) is 5.41 Å². The lowest BCUT2D eigenvalue weighted by molar-refractivity contribution is 0.192. The van der Waals surface area contributed by atoms with Crippen molar-refractivity contribution in [3.8, 4) is 22.3 Å². The minimum absolute atomic E-state index is 0.471. The molecule has 1 heterocycles. The number of fused-ring (bicyclic) bond motifs is 3. The van der Waals surface area contributed by atoms with Crippen molar-refractivity contribution in [1.29, 1.82) is 0 Å². The maximum Gasteiger partial charge on any atom is 0.200 e. The summed E-state index contributed by atoms with van der Waals surface area (Å²) < 4.78 is 74.4. The van der Waals surface area contributed by atoms with Gasteiger partial charge in [-0.1, -0.05) is 105 Å². The number of anilines is 2. The summed E-state index contributed by atoms with van der Waals surface area (Å²) in [6, 6.07) is 33.4. The first-order valence-electron chi connectivity index (χ1n) is 16.4. The summed E-state index contributed by atoms with van der Waals surface area (Å²) in [6.45, 7) is 3.96. The molecule has 0 N–H and O–H groups in total. The summed E-state index contributed by atoms with van der Waals surface area (Å²) in [7, 11) is 0. The van der Waals surface area contributed by atoms with Crippen LogP contribution in [0.4, 0.5) is 33.3 Å². The Balaban J connectivity index is 1.28. The number of hydrogen-bond donors (Lipinski definition) is 0. The van der Waals surface area contributed by atoms with Crippen LogP contribution in [-0.4, -0.2) is 5.54 Å². The third-order valence-electron chi connectivity index (χ3n) is 11.6. The topological polar surface area (TPSA) is 3.24 Å². The molecule has 0 saturated heterocycles. The van der Waals surface area contributed by atoms with E-state index in [0.29, 0.717) is 18.5 Å². The van der Waals surface area contributed by atoms with Crippen LogP contribution < -0.4 is 4.90 Å². The average Bonchev–Trinajstić information content (AvgIpc) is 3.32. The van der Waals surface area contributed by atoms with Gasteiger partial charge in [-0.3, -0.25) is 0 Å². The Kier molecular flexibility index (Phi) is 6.09. The van der Waals surface area contributed by atoms with Gasteiger partial charge in [0, 0.05) is 11.1 Å². The molecule has 238 valence electrons. The van der Waals surface area contributed by atoms with Crippen molar-refractivity contribution in [3.63, 3.8) is 0 Å². The van der Waals surface area contributed by atoms with Crippen LogP contribution in [0.15, 0.2) is 97.1 Å². The van der Waals surface area contributed by atoms with Crippen LogP contribution in [0.5, 0.6) is 0 Å².